The fraction of sp³-hybridized carbons (Fsp3) is 0.278. The standard InChI is InChI=1S/C18H17ClN4O5/c19-14-3-4-15(16(10-14)23(26)27)21-6-8-22(9-7-21)17(24)12-28-18(25)13-2-1-5-20-11-13/h1-5,10-11H,6-9,12H2. The zero-order valence-electron chi connectivity index (χ0n) is 14.8. The van der Waals surface area contributed by atoms with Crippen molar-refractivity contribution in [3.63, 3.8) is 0 Å². The van der Waals surface area contributed by atoms with Crippen molar-refractivity contribution < 1.29 is 19.2 Å². The first kappa shape index (κ1) is 19.6. The molecule has 0 atom stereocenters. The van der Waals surface area contributed by atoms with E-state index in [1.54, 1.807) is 29.2 Å². The summed E-state index contributed by atoms with van der Waals surface area (Å²) in [5.74, 6) is -0.931. The summed E-state index contributed by atoms with van der Waals surface area (Å²) in [5.41, 5.74) is 0.664. The molecule has 2 aromatic rings. The Bertz CT molecular complexity index is 885. The summed E-state index contributed by atoms with van der Waals surface area (Å²) in [5, 5.41) is 11.5. The Labute approximate surface area is 165 Å². The SMILES string of the molecule is O=C(OCC(=O)N1CCN(c2ccc(Cl)cc2[N+](=O)[O-])CC1)c1cccnc1. The van der Waals surface area contributed by atoms with Gasteiger partial charge in [-0.05, 0) is 24.3 Å². The number of anilines is 1. The van der Waals surface area contributed by atoms with E-state index in [2.05, 4.69) is 4.98 Å². The van der Waals surface area contributed by atoms with Crippen LogP contribution in [0.3, 0.4) is 0 Å². The molecule has 28 heavy (non-hydrogen) atoms. The zero-order chi connectivity index (χ0) is 20.1. The number of nitro benzene ring substituents is 1. The van der Waals surface area contributed by atoms with Gasteiger partial charge in [-0.3, -0.25) is 19.9 Å². The van der Waals surface area contributed by atoms with Gasteiger partial charge in [0.15, 0.2) is 6.61 Å². The number of nitro groups is 1. The van der Waals surface area contributed by atoms with Crippen LogP contribution in [0.25, 0.3) is 0 Å². The fourth-order valence-corrected chi connectivity index (χ4v) is 3.06. The topological polar surface area (TPSA) is 106 Å². The van der Waals surface area contributed by atoms with Crippen LogP contribution in [0.4, 0.5) is 11.4 Å². The lowest BCUT2D eigenvalue weighted by Gasteiger charge is -2.35. The van der Waals surface area contributed by atoms with Gasteiger partial charge in [0.1, 0.15) is 5.69 Å². The number of benzene rings is 1. The number of carbonyl (C=O) groups excluding carboxylic acids is 2. The van der Waals surface area contributed by atoms with Crippen molar-refractivity contribution in [2.75, 3.05) is 37.7 Å². The monoisotopic (exact) mass is 404 g/mol. The van der Waals surface area contributed by atoms with Gasteiger partial charge in [-0.2, -0.15) is 0 Å². The summed E-state index contributed by atoms with van der Waals surface area (Å²) < 4.78 is 5.03. The number of rotatable bonds is 5. The largest absolute Gasteiger partial charge is 0.452 e. The Morgan fingerprint density at radius 3 is 2.61 bits per heavy atom. The third kappa shape index (κ3) is 4.55. The quantitative estimate of drug-likeness (QED) is 0.427. The third-order valence-corrected chi connectivity index (χ3v) is 4.57. The molecule has 0 aliphatic carbocycles. The molecule has 1 aliphatic heterocycles. The number of hydrogen-bond donors (Lipinski definition) is 0. The van der Waals surface area contributed by atoms with Crippen LogP contribution in [0.5, 0.6) is 0 Å². The number of hydrogen-bond acceptors (Lipinski definition) is 7. The molecule has 3 rings (SSSR count). The molecule has 0 spiro atoms. The van der Waals surface area contributed by atoms with E-state index in [1.165, 1.54) is 18.5 Å². The first-order valence-corrected chi connectivity index (χ1v) is 8.87. The van der Waals surface area contributed by atoms with Gasteiger partial charge in [0.2, 0.25) is 0 Å². The van der Waals surface area contributed by atoms with Crippen LogP contribution in [0, 0.1) is 10.1 Å². The molecule has 0 radical (unpaired) electrons. The first-order valence-electron chi connectivity index (χ1n) is 8.49. The Morgan fingerprint density at radius 2 is 1.96 bits per heavy atom. The summed E-state index contributed by atoms with van der Waals surface area (Å²) in [4.78, 5) is 42.2. The Hall–Kier alpha value is -3.20. The van der Waals surface area contributed by atoms with E-state index in [1.807, 2.05) is 4.90 Å². The van der Waals surface area contributed by atoms with E-state index in [0.29, 0.717) is 36.9 Å². The fourth-order valence-electron chi connectivity index (χ4n) is 2.89. The second-order valence-corrected chi connectivity index (χ2v) is 6.51. The van der Waals surface area contributed by atoms with Gasteiger partial charge in [-0.25, -0.2) is 4.79 Å². The van der Waals surface area contributed by atoms with Crippen molar-refractivity contribution in [3.8, 4) is 0 Å². The first-order chi connectivity index (χ1) is 13.5. The average molecular weight is 405 g/mol. The number of aromatic nitrogens is 1. The summed E-state index contributed by atoms with van der Waals surface area (Å²) in [6.45, 7) is 1.20. The molecule has 1 aromatic carbocycles. The van der Waals surface area contributed by atoms with Crippen molar-refractivity contribution in [1.82, 2.24) is 9.88 Å². The van der Waals surface area contributed by atoms with Crippen molar-refractivity contribution in [3.05, 3.63) is 63.4 Å². The lowest BCUT2D eigenvalue weighted by Crippen LogP contribution is -2.50. The highest BCUT2D eigenvalue weighted by Gasteiger charge is 2.26. The number of pyridine rings is 1. The normalized spacial score (nSPS) is 13.9. The number of halogens is 1. The summed E-state index contributed by atoms with van der Waals surface area (Å²) in [7, 11) is 0. The molecular formula is C18H17ClN4O5. The van der Waals surface area contributed by atoms with Gasteiger partial charge in [0.05, 0.1) is 10.5 Å². The molecule has 2 heterocycles. The molecular weight excluding hydrogens is 388 g/mol. The van der Waals surface area contributed by atoms with Crippen molar-refractivity contribution in [2.45, 2.75) is 0 Å². The van der Waals surface area contributed by atoms with Crippen LogP contribution in [0.1, 0.15) is 10.4 Å². The molecule has 1 aliphatic rings. The van der Waals surface area contributed by atoms with Gasteiger partial charge in [0, 0.05) is 49.7 Å². The highest BCUT2D eigenvalue weighted by atomic mass is 35.5. The Morgan fingerprint density at radius 1 is 1.21 bits per heavy atom. The summed E-state index contributed by atoms with van der Waals surface area (Å²) in [6.07, 6.45) is 2.90. The van der Waals surface area contributed by atoms with Crippen LogP contribution in [-0.2, 0) is 9.53 Å². The predicted octanol–water partition coefficient (Wildman–Crippen LogP) is 2.15. The van der Waals surface area contributed by atoms with E-state index in [9.17, 15) is 19.7 Å². The molecule has 1 saturated heterocycles. The molecule has 0 N–H and O–H groups in total. The molecule has 1 aromatic heterocycles. The lowest BCUT2D eigenvalue weighted by molar-refractivity contribution is -0.384. The van der Waals surface area contributed by atoms with Gasteiger partial charge in [-0.1, -0.05) is 11.6 Å². The minimum atomic E-state index is -0.614. The Balaban J connectivity index is 1.55. The van der Waals surface area contributed by atoms with Crippen LogP contribution in [0.2, 0.25) is 5.02 Å². The maximum absolute atomic E-state index is 12.3. The van der Waals surface area contributed by atoms with Crippen LogP contribution < -0.4 is 4.90 Å². The zero-order valence-corrected chi connectivity index (χ0v) is 15.5. The highest BCUT2D eigenvalue weighted by molar-refractivity contribution is 6.30. The molecule has 0 saturated carbocycles. The minimum absolute atomic E-state index is 0.0716. The molecule has 10 heteroatoms. The van der Waals surface area contributed by atoms with E-state index >= 15 is 0 Å². The number of carbonyl (C=O) groups is 2. The second-order valence-electron chi connectivity index (χ2n) is 6.08. The van der Waals surface area contributed by atoms with E-state index in [0.717, 1.165) is 0 Å². The number of piperazine rings is 1. The van der Waals surface area contributed by atoms with Gasteiger partial charge in [-0.15, -0.1) is 0 Å². The molecule has 1 amide bonds. The van der Waals surface area contributed by atoms with Gasteiger partial charge >= 0.3 is 5.97 Å². The van der Waals surface area contributed by atoms with Crippen molar-refractivity contribution in [1.29, 1.82) is 0 Å². The van der Waals surface area contributed by atoms with Crippen molar-refractivity contribution in [2.24, 2.45) is 0 Å². The second kappa shape index (κ2) is 8.66. The Kier molecular flexibility index (Phi) is 6.05. The lowest BCUT2D eigenvalue weighted by atomic mass is 10.2. The molecule has 0 unspecified atom stereocenters. The maximum atomic E-state index is 12.3. The van der Waals surface area contributed by atoms with Gasteiger partial charge in [0.25, 0.3) is 11.6 Å². The predicted molar refractivity (Wildman–Crippen MR) is 101 cm³/mol. The van der Waals surface area contributed by atoms with Crippen LogP contribution >= 0.6 is 11.6 Å². The minimum Gasteiger partial charge on any atom is -0.452 e. The summed E-state index contributed by atoms with van der Waals surface area (Å²) >= 11 is 5.85. The van der Waals surface area contributed by atoms with E-state index in [-0.39, 0.29) is 23.8 Å². The molecule has 9 nitrogen and oxygen atoms in total. The number of esters is 1. The van der Waals surface area contributed by atoms with Gasteiger partial charge < -0.3 is 14.5 Å². The average Bonchev–Trinajstić information content (AvgIpc) is 2.72. The van der Waals surface area contributed by atoms with Crippen LogP contribution in [-0.4, -0.2) is 59.5 Å². The van der Waals surface area contributed by atoms with Crippen LogP contribution in [0.15, 0.2) is 42.7 Å². The van der Waals surface area contributed by atoms with E-state index < -0.39 is 10.9 Å². The van der Waals surface area contributed by atoms with Crippen molar-refractivity contribution >= 4 is 34.9 Å². The smallest absolute Gasteiger partial charge is 0.340 e. The van der Waals surface area contributed by atoms with E-state index in [4.69, 9.17) is 16.3 Å². The number of ether oxygens (including phenoxy) is 1. The highest BCUT2D eigenvalue weighted by Crippen LogP contribution is 2.31. The molecule has 146 valence electrons. The molecule has 1 fully saturated rings. The molecule has 0 bridgehead atoms. The maximum Gasteiger partial charge on any atom is 0.340 e. The number of amides is 1. The third-order valence-electron chi connectivity index (χ3n) is 4.33. The summed E-state index contributed by atoms with van der Waals surface area (Å²) in [6, 6.07) is 7.67. The number of nitrogens with zero attached hydrogens (tertiary/aromatic N) is 4.